The number of piperidine rings is 1. The number of nitrogens with zero attached hydrogens (tertiary/aromatic N) is 1. The molecular weight excluding hydrogens is 264 g/mol. The zero-order chi connectivity index (χ0) is 15.2. The fourth-order valence-electron chi connectivity index (χ4n) is 2.85. The van der Waals surface area contributed by atoms with Gasteiger partial charge in [-0.3, -0.25) is 4.79 Å². The van der Waals surface area contributed by atoms with Crippen LogP contribution in [0.15, 0.2) is 24.3 Å². The Morgan fingerprint density at radius 3 is 2.71 bits per heavy atom. The number of benzene rings is 1. The van der Waals surface area contributed by atoms with Gasteiger partial charge in [0.1, 0.15) is 0 Å². The number of methoxy groups -OCH3 is 1. The summed E-state index contributed by atoms with van der Waals surface area (Å²) in [6, 6.07) is 8.35. The lowest BCUT2D eigenvalue weighted by molar-refractivity contribution is 0.0635. The van der Waals surface area contributed by atoms with E-state index in [0.29, 0.717) is 12.6 Å². The second-order valence-corrected chi connectivity index (χ2v) is 5.92. The maximum Gasteiger partial charge on any atom is 0.254 e. The topological polar surface area (TPSA) is 41.6 Å². The average molecular weight is 290 g/mol. The van der Waals surface area contributed by atoms with Gasteiger partial charge in [0.05, 0.1) is 6.61 Å². The molecule has 0 aliphatic carbocycles. The highest BCUT2D eigenvalue weighted by atomic mass is 16.5. The van der Waals surface area contributed by atoms with Crippen molar-refractivity contribution in [2.75, 3.05) is 25.6 Å². The highest BCUT2D eigenvalue weighted by Gasteiger charge is 2.23. The summed E-state index contributed by atoms with van der Waals surface area (Å²) in [5.74, 6) is 0.152. The van der Waals surface area contributed by atoms with Crippen molar-refractivity contribution in [2.45, 2.75) is 45.2 Å². The fourth-order valence-corrected chi connectivity index (χ4v) is 2.85. The van der Waals surface area contributed by atoms with E-state index in [4.69, 9.17) is 4.74 Å². The molecule has 1 aliphatic heterocycles. The summed E-state index contributed by atoms with van der Waals surface area (Å²) < 4.78 is 5.11. The summed E-state index contributed by atoms with van der Waals surface area (Å²) in [5, 5.41) is 3.35. The molecule has 1 saturated heterocycles. The van der Waals surface area contributed by atoms with Gasteiger partial charge in [-0.05, 0) is 57.4 Å². The Kier molecular flexibility index (Phi) is 5.62. The Morgan fingerprint density at radius 2 is 2.10 bits per heavy atom. The van der Waals surface area contributed by atoms with E-state index in [9.17, 15) is 4.79 Å². The number of ether oxygens (including phenoxy) is 1. The Hall–Kier alpha value is -1.55. The van der Waals surface area contributed by atoms with Crippen LogP contribution in [0.3, 0.4) is 0 Å². The minimum absolute atomic E-state index is 0.152. The molecule has 1 heterocycles. The molecule has 0 saturated carbocycles. The van der Waals surface area contributed by atoms with Crippen molar-refractivity contribution in [1.29, 1.82) is 0 Å². The van der Waals surface area contributed by atoms with Gasteiger partial charge >= 0.3 is 0 Å². The minimum Gasteiger partial charge on any atom is -0.383 e. The lowest BCUT2D eigenvalue weighted by Gasteiger charge is -2.33. The summed E-state index contributed by atoms with van der Waals surface area (Å²) in [5.41, 5.74) is 1.79. The second kappa shape index (κ2) is 7.46. The zero-order valence-corrected chi connectivity index (χ0v) is 13.3. The van der Waals surface area contributed by atoms with Gasteiger partial charge in [0, 0.05) is 37.0 Å². The van der Waals surface area contributed by atoms with Crippen LogP contribution in [0.4, 0.5) is 5.69 Å². The molecule has 2 atom stereocenters. The molecule has 1 aromatic rings. The molecule has 116 valence electrons. The van der Waals surface area contributed by atoms with E-state index in [1.54, 1.807) is 7.11 Å². The van der Waals surface area contributed by atoms with Crippen LogP contribution in [0.1, 0.15) is 43.5 Å². The normalized spacial score (nSPS) is 20.1. The number of hydrogen-bond acceptors (Lipinski definition) is 3. The molecule has 0 bridgehead atoms. The second-order valence-electron chi connectivity index (χ2n) is 5.92. The minimum atomic E-state index is 0.152. The van der Waals surface area contributed by atoms with E-state index in [2.05, 4.69) is 19.2 Å². The maximum atomic E-state index is 12.5. The molecular formula is C17H26N2O2. The molecule has 1 fully saturated rings. The van der Waals surface area contributed by atoms with Gasteiger partial charge < -0.3 is 15.0 Å². The van der Waals surface area contributed by atoms with Gasteiger partial charge in [0.2, 0.25) is 0 Å². The van der Waals surface area contributed by atoms with E-state index in [0.717, 1.165) is 30.6 Å². The number of nitrogens with one attached hydrogen (secondary N) is 1. The van der Waals surface area contributed by atoms with E-state index in [1.807, 2.05) is 29.2 Å². The first-order chi connectivity index (χ1) is 10.1. The highest BCUT2D eigenvalue weighted by molar-refractivity contribution is 5.94. The molecule has 21 heavy (non-hydrogen) atoms. The molecule has 1 amide bonds. The third-order valence-corrected chi connectivity index (χ3v) is 4.03. The van der Waals surface area contributed by atoms with Gasteiger partial charge in [-0.1, -0.05) is 0 Å². The van der Waals surface area contributed by atoms with E-state index >= 15 is 0 Å². The predicted octanol–water partition coefficient (Wildman–Crippen LogP) is 3.15. The van der Waals surface area contributed by atoms with Crippen LogP contribution >= 0.6 is 0 Å². The maximum absolute atomic E-state index is 12.5. The van der Waals surface area contributed by atoms with Crippen molar-refractivity contribution in [1.82, 2.24) is 4.90 Å². The summed E-state index contributed by atoms with van der Waals surface area (Å²) in [4.78, 5) is 14.5. The van der Waals surface area contributed by atoms with Gasteiger partial charge in [-0.2, -0.15) is 0 Å². The first kappa shape index (κ1) is 15.8. The number of hydrogen-bond donors (Lipinski definition) is 1. The SMILES string of the molecule is COC[C@@H](C)Nc1ccc(C(=O)N2CCCC[C@@H]2C)cc1. The Morgan fingerprint density at radius 1 is 1.38 bits per heavy atom. The molecule has 0 aromatic heterocycles. The third-order valence-electron chi connectivity index (χ3n) is 4.03. The van der Waals surface area contributed by atoms with Gasteiger partial charge in [-0.25, -0.2) is 0 Å². The fraction of sp³-hybridized carbons (Fsp3) is 0.588. The monoisotopic (exact) mass is 290 g/mol. The Balaban J connectivity index is 1.99. The van der Waals surface area contributed by atoms with Crippen molar-refractivity contribution in [2.24, 2.45) is 0 Å². The quantitative estimate of drug-likeness (QED) is 0.905. The molecule has 1 N–H and O–H groups in total. The van der Waals surface area contributed by atoms with Gasteiger partial charge in [0.25, 0.3) is 5.91 Å². The van der Waals surface area contributed by atoms with Gasteiger partial charge in [-0.15, -0.1) is 0 Å². The molecule has 1 aliphatic rings. The van der Waals surface area contributed by atoms with Crippen molar-refractivity contribution in [3.63, 3.8) is 0 Å². The molecule has 4 nitrogen and oxygen atoms in total. The lowest BCUT2D eigenvalue weighted by atomic mass is 10.0. The van der Waals surface area contributed by atoms with Crippen LogP contribution in [0.5, 0.6) is 0 Å². The predicted molar refractivity (Wildman–Crippen MR) is 85.8 cm³/mol. The zero-order valence-electron chi connectivity index (χ0n) is 13.3. The van der Waals surface area contributed by atoms with Crippen molar-refractivity contribution in [3.05, 3.63) is 29.8 Å². The largest absolute Gasteiger partial charge is 0.383 e. The molecule has 0 spiro atoms. The smallest absolute Gasteiger partial charge is 0.254 e. The van der Waals surface area contributed by atoms with E-state index in [-0.39, 0.29) is 11.9 Å². The van der Waals surface area contributed by atoms with Crippen LogP contribution in [0.2, 0.25) is 0 Å². The summed E-state index contributed by atoms with van der Waals surface area (Å²) in [6.45, 7) is 5.74. The van der Waals surface area contributed by atoms with Crippen molar-refractivity contribution in [3.8, 4) is 0 Å². The summed E-state index contributed by atoms with van der Waals surface area (Å²) in [6.07, 6.45) is 3.45. The van der Waals surface area contributed by atoms with Gasteiger partial charge in [0.15, 0.2) is 0 Å². The summed E-state index contributed by atoms with van der Waals surface area (Å²) >= 11 is 0. The number of carbonyl (C=O) groups excluding carboxylic acids is 1. The van der Waals surface area contributed by atoms with Crippen LogP contribution < -0.4 is 5.32 Å². The van der Waals surface area contributed by atoms with Crippen LogP contribution in [0, 0.1) is 0 Å². The van der Waals surface area contributed by atoms with Crippen LogP contribution in [0.25, 0.3) is 0 Å². The standard InChI is InChI=1S/C17H26N2O2/c1-13(12-21-3)18-16-9-7-15(8-10-16)17(20)19-11-5-4-6-14(19)2/h7-10,13-14,18H,4-6,11-12H2,1-3H3/t13-,14+/m1/s1. The van der Waals surface area contributed by atoms with Crippen LogP contribution in [-0.2, 0) is 4.74 Å². The number of likely N-dealkylation sites (tertiary alicyclic amines) is 1. The van der Waals surface area contributed by atoms with Crippen molar-refractivity contribution >= 4 is 11.6 Å². The number of anilines is 1. The lowest BCUT2D eigenvalue weighted by Crippen LogP contribution is -2.42. The Labute approximate surface area is 127 Å². The molecule has 2 rings (SSSR count). The molecule has 1 aromatic carbocycles. The first-order valence-electron chi connectivity index (χ1n) is 7.78. The molecule has 4 heteroatoms. The van der Waals surface area contributed by atoms with Crippen molar-refractivity contribution < 1.29 is 9.53 Å². The highest BCUT2D eigenvalue weighted by Crippen LogP contribution is 2.20. The Bertz CT molecular complexity index is 458. The molecule has 0 unspecified atom stereocenters. The molecule has 0 radical (unpaired) electrons. The number of carbonyl (C=O) groups is 1. The first-order valence-corrected chi connectivity index (χ1v) is 7.78. The summed E-state index contributed by atoms with van der Waals surface area (Å²) in [7, 11) is 1.69. The number of rotatable bonds is 5. The van der Waals surface area contributed by atoms with E-state index < -0.39 is 0 Å². The third kappa shape index (κ3) is 4.21. The van der Waals surface area contributed by atoms with E-state index in [1.165, 1.54) is 6.42 Å². The average Bonchev–Trinajstić information content (AvgIpc) is 2.48. The number of amides is 1. The van der Waals surface area contributed by atoms with Crippen LogP contribution in [-0.4, -0.2) is 43.2 Å².